The summed E-state index contributed by atoms with van der Waals surface area (Å²) < 4.78 is 0. The van der Waals surface area contributed by atoms with Crippen LogP contribution in [0.3, 0.4) is 0 Å². The summed E-state index contributed by atoms with van der Waals surface area (Å²) in [5.41, 5.74) is 0.506. The first-order valence-corrected chi connectivity index (χ1v) is 9.09. The van der Waals surface area contributed by atoms with Crippen LogP contribution in [0.2, 0.25) is 0 Å². The largest absolute Gasteiger partial charge is 0.342 e. The number of carbonyl (C=O) groups excluding carboxylic acids is 2. The summed E-state index contributed by atoms with van der Waals surface area (Å²) in [6.45, 7) is 5.20. The Bertz CT molecular complexity index is 718. The van der Waals surface area contributed by atoms with E-state index in [2.05, 4.69) is 4.98 Å². The smallest absolute Gasteiger partial charge is 0.256 e. The summed E-state index contributed by atoms with van der Waals surface area (Å²) in [6, 6.07) is 13.3. The van der Waals surface area contributed by atoms with Gasteiger partial charge in [-0.3, -0.25) is 9.59 Å². The second-order valence-corrected chi connectivity index (χ2v) is 6.56. The SMILES string of the molecule is CCN(CC)C(=O)CN(C)C(=O)c1cccnc1Sc1ccccc1. The minimum absolute atomic E-state index is 0.0537. The highest BCUT2D eigenvalue weighted by atomic mass is 32.2. The van der Waals surface area contributed by atoms with Crippen molar-refractivity contribution in [1.29, 1.82) is 0 Å². The average Bonchev–Trinajstić information content (AvgIpc) is 2.63. The van der Waals surface area contributed by atoms with Gasteiger partial charge in [-0.05, 0) is 38.1 Å². The van der Waals surface area contributed by atoms with Crippen LogP contribution in [0.5, 0.6) is 0 Å². The van der Waals surface area contributed by atoms with Gasteiger partial charge in [0.25, 0.3) is 5.91 Å². The standard InChI is InChI=1S/C19H23N3O2S/c1-4-22(5-2)17(23)14-21(3)19(24)16-12-9-13-20-18(16)25-15-10-7-6-8-11-15/h6-13H,4-5,14H2,1-3H3. The highest BCUT2D eigenvalue weighted by Crippen LogP contribution is 2.28. The van der Waals surface area contributed by atoms with Gasteiger partial charge < -0.3 is 9.80 Å². The highest BCUT2D eigenvalue weighted by molar-refractivity contribution is 7.99. The van der Waals surface area contributed by atoms with Crippen LogP contribution in [0.4, 0.5) is 0 Å². The number of benzene rings is 1. The first-order chi connectivity index (χ1) is 12.1. The van der Waals surface area contributed by atoms with Crippen LogP contribution in [0.1, 0.15) is 24.2 Å². The van der Waals surface area contributed by atoms with E-state index in [0.717, 1.165) is 4.90 Å². The van der Waals surface area contributed by atoms with E-state index in [4.69, 9.17) is 0 Å². The van der Waals surface area contributed by atoms with E-state index in [0.29, 0.717) is 23.7 Å². The molecule has 0 saturated carbocycles. The number of rotatable bonds is 7. The monoisotopic (exact) mass is 357 g/mol. The zero-order valence-electron chi connectivity index (χ0n) is 14.8. The molecule has 0 atom stereocenters. The van der Waals surface area contributed by atoms with E-state index in [1.54, 1.807) is 30.3 Å². The van der Waals surface area contributed by atoms with Gasteiger partial charge in [0, 0.05) is 31.2 Å². The summed E-state index contributed by atoms with van der Waals surface area (Å²) in [6.07, 6.45) is 1.67. The Morgan fingerprint density at radius 1 is 1.04 bits per heavy atom. The zero-order valence-corrected chi connectivity index (χ0v) is 15.6. The van der Waals surface area contributed by atoms with Gasteiger partial charge in [-0.15, -0.1) is 0 Å². The van der Waals surface area contributed by atoms with Crippen LogP contribution < -0.4 is 0 Å². The second-order valence-electron chi connectivity index (χ2n) is 5.50. The van der Waals surface area contributed by atoms with Crippen LogP contribution in [-0.2, 0) is 4.79 Å². The molecule has 2 rings (SSSR count). The molecule has 6 heteroatoms. The highest BCUT2D eigenvalue weighted by Gasteiger charge is 2.21. The van der Waals surface area contributed by atoms with Crippen molar-refractivity contribution in [2.75, 3.05) is 26.7 Å². The third kappa shape index (κ3) is 5.06. The van der Waals surface area contributed by atoms with E-state index in [1.165, 1.54) is 16.7 Å². The summed E-state index contributed by atoms with van der Waals surface area (Å²) in [7, 11) is 1.65. The predicted molar refractivity (Wildman–Crippen MR) is 99.7 cm³/mol. The number of hydrogen-bond acceptors (Lipinski definition) is 4. The lowest BCUT2D eigenvalue weighted by Crippen LogP contribution is -2.41. The first kappa shape index (κ1) is 19.0. The number of pyridine rings is 1. The number of carbonyl (C=O) groups is 2. The molecule has 132 valence electrons. The summed E-state index contributed by atoms with van der Waals surface area (Å²) >= 11 is 1.44. The molecule has 1 aromatic heterocycles. The normalized spacial score (nSPS) is 10.4. The van der Waals surface area contributed by atoms with Crippen LogP contribution in [0.25, 0.3) is 0 Å². The van der Waals surface area contributed by atoms with Crippen LogP contribution in [0, 0.1) is 0 Å². The Hall–Kier alpha value is -2.34. The van der Waals surface area contributed by atoms with Crippen molar-refractivity contribution in [3.63, 3.8) is 0 Å². The summed E-state index contributed by atoms with van der Waals surface area (Å²) in [5.74, 6) is -0.256. The number of hydrogen-bond donors (Lipinski definition) is 0. The summed E-state index contributed by atoms with van der Waals surface area (Å²) in [5, 5.41) is 0.640. The molecule has 0 radical (unpaired) electrons. The molecule has 25 heavy (non-hydrogen) atoms. The maximum absolute atomic E-state index is 12.8. The van der Waals surface area contributed by atoms with Crippen molar-refractivity contribution >= 4 is 23.6 Å². The van der Waals surface area contributed by atoms with Crippen molar-refractivity contribution in [1.82, 2.24) is 14.8 Å². The van der Waals surface area contributed by atoms with Gasteiger partial charge in [0.1, 0.15) is 5.03 Å². The Kier molecular flexibility index (Phi) is 7.01. The van der Waals surface area contributed by atoms with Crippen molar-refractivity contribution in [2.45, 2.75) is 23.8 Å². The first-order valence-electron chi connectivity index (χ1n) is 8.28. The Labute approximate surface area is 153 Å². The molecule has 2 amide bonds. The number of nitrogens with zero attached hydrogens (tertiary/aromatic N) is 3. The van der Waals surface area contributed by atoms with Gasteiger partial charge >= 0.3 is 0 Å². The Morgan fingerprint density at radius 3 is 2.36 bits per heavy atom. The van der Waals surface area contributed by atoms with Crippen LogP contribution in [0.15, 0.2) is 58.6 Å². The fraction of sp³-hybridized carbons (Fsp3) is 0.316. The number of amides is 2. The van der Waals surface area contributed by atoms with Gasteiger partial charge in [-0.1, -0.05) is 30.0 Å². The summed E-state index contributed by atoms with van der Waals surface area (Å²) in [4.78, 5) is 33.6. The molecule has 0 aliphatic rings. The van der Waals surface area contributed by atoms with Gasteiger partial charge in [0.05, 0.1) is 12.1 Å². The molecular formula is C19H23N3O2S. The molecule has 0 aliphatic carbocycles. The molecule has 0 spiro atoms. The lowest BCUT2D eigenvalue weighted by molar-refractivity contribution is -0.131. The lowest BCUT2D eigenvalue weighted by atomic mass is 10.2. The third-order valence-electron chi connectivity index (χ3n) is 3.79. The molecule has 1 aromatic carbocycles. The molecule has 0 N–H and O–H groups in total. The average molecular weight is 357 g/mol. The van der Waals surface area contributed by atoms with E-state index in [9.17, 15) is 9.59 Å². The van der Waals surface area contributed by atoms with Gasteiger partial charge in [-0.25, -0.2) is 4.98 Å². The molecule has 5 nitrogen and oxygen atoms in total. The molecule has 0 bridgehead atoms. The predicted octanol–water partition coefficient (Wildman–Crippen LogP) is 3.17. The quantitative estimate of drug-likeness (QED) is 0.764. The fourth-order valence-electron chi connectivity index (χ4n) is 2.39. The molecule has 0 fully saturated rings. The Morgan fingerprint density at radius 2 is 1.72 bits per heavy atom. The fourth-order valence-corrected chi connectivity index (χ4v) is 3.29. The minimum atomic E-state index is -0.202. The maximum Gasteiger partial charge on any atom is 0.256 e. The van der Waals surface area contributed by atoms with Crippen LogP contribution in [-0.4, -0.2) is 53.3 Å². The molecule has 2 aromatic rings. The van der Waals surface area contributed by atoms with Gasteiger partial charge in [-0.2, -0.15) is 0 Å². The molecule has 0 aliphatic heterocycles. The second kappa shape index (κ2) is 9.22. The molecule has 0 unspecified atom stereocenters. The van der Waals surface area contributed by atoms with Crippen molar-refractivity contribution in [2.24, 2.45) is 0 Å². The molecular weight excluding hydrogens is 334 g/mol. The van der Waals surface area contributed by atoms with E-state index < -0.39 is 0 Å². The Balaban J connectivity index is 2.15. The van der Waals surface area contributed by atoms with Gasteiger partial charge in [0.15, 0.2) is 0 Å². The van der Waals surface area contributed by atoms with Crippen molar-refractivity contribution in [3.05, 3.63) is 54.2 Å². The minimum Gasteiger partial charge on any atom is -0.342 e. The van der Waals surface area contributed by atoms with Crippen molar-refractivity contribution in [3.8, 4) is 0 Å². The van der Waals surface area contributed by atoms with E-state index >= 15 is 0 Å². The van der Waals surface area contributed by atoms with Gasteiger partial charge in [0.2, 0.25) is 5.91 Å². The zero-order chi connectivity index (χ0) is 18.2. The third-order valence-corrected chi connectivity index (χ3v) is 4.82. The van der Waals surface area contributed by atoms with E-state index in [1.807, 2.05) is 44.2 Å². The lowest BCUT2D eigenvalue weighted by Gasteiger charge is -2.23. The molecule has 0 saturated heterocycles. The van der Waals surface area contributed by atoms with Crippen LogP contribution >= 0.6 is 11.8 Å². The van der Waals surface area contributed by atoms with E-state index in [-0.39, 0.29) is 18.4 Å². The number of likely N-dealkylation sites (N-methyl/N-ethyl adjacent to an activating group) is 2. The van der Waals surface area contributed by atoms with Crippen molar-refractivity contribution < 1.29 is 9.59 Å². The maximum atomic E-state index is 12.8. The number of aromatic nitrogens is 1. The topological polar surface area (TPSA) is 53.5 Å². The molecule has 1 heterocycles.